The summed E-state index contributed by atoms with van der Waals surface area (Å²) in [4.78, 5) is 12.7. The third kappa shape index (κ3) is 3.49. The van der Waals surface area contributed by atoms with Gasteiger partial charge in [-0.25, -0.2) is 8.78 Å². The molecule has 1 aliphatic rings. The van der Waals surface area contributed by atoms with E-state index in [0.717, 1.165) is 11.6 Å². The average Bonchev–Trinajstić information content (AvgIpc) is 2.92. The maximum Gasteiger partial charge on any atom is 0.251 e. The Labute approximate surface area is 141 Å². The minimum absolute atomic E-state index is 0.289. The van der Waals surface area contributed by atoms with E-state index in [-0.39, 0.29) is 5.91 Å². The molecule has 0 bridgehead atoms. The van der Waals surface area contributed by atoms with Crippen molar-refractivity contribution in [2.45, 2.75) is 11.4 Å². The van der Waals surface area contributed by atoms with Crippen LogP contribution in [0.3, 0.4) is 0 Å². The second-order valence-electron chi connectivity index (χ2n) is 5.29. The summed E-state index contributed by atoms with van der Waals surface area (Å²) in [5.41, 5.74) is 7.56. The minimum Gasteiger partial charge on any atom is -0.398 e. The highest BCUT2D eigenvalue weighted by atomic mass is 32.2. The van der Waals surface area contributed by atoms with Crippen molar-refractivity contribution in [3.63, 3.8) is 0 Å². The molecular formula is C18H16F2N2OS. The number of allylic oxidation sites excluding steroid dienone is 2. The number of rotatable bonds is 4. The van der Waals surface area contributed by atoms with Crippen LogP contribution in [0.15, 0.2) is 75.9 Å². The maximum atomic E-state index is 13.8. The van der Waals surface area contributed by atoms with Crippen molar-refractivity contribution in [1.29, 1.82) is 0 Å². The van der Waals surface area contributed by atoms with Gasteiger partial charge in [0, 0.05) is 28.8 Å². The topological polar surface area (TPSA) is 55.1 Å². The lowest BCUT2D eigenvalue weighted by Crippen LogP contribution is -2.22. The van der Waals surface area contributed by atoms with Crippen molar-refractivity contribution in [3.05, 3.63) is 82.1 Å². The molecule has 3 nitrogen and oxygen atoms in total. The molecule has 1 amide bonds. The van der Waals surface area contributed by atoms with Gasteiger partial charge in [0.15, 0.2) is 0 Å². The molecule has 3 N–H and O–H groups in total. The number of benzene rings is 2. The molecule has 0 saturated carbocycles. The molecule has 0 radical (unpaired) electrons. The number of anilines is 1. The van der Waals surface area contributed by atoms with Crippen molar-refractivity contribution in [3.8, 4) is 0 Å². The number of halogens is 2. The quantitative estimate of drug-likeness (QED) is 0.574. The number of nitrogens with two attached hydrogens (primary N) is 1. The van der Waals surface area contributed by atoms with Gasteiger partial charge < -0.3 is 11.1 Å². The fraction of sp³-hybridized carbons (Fsp3) is 0.0556. The average molecular weight is 346 g/mol. The summed E-state index contributed by atoms with van der Waals surface area (Å²) in [5, 5.41) is 3.45. The van der Waals surface area contributed by atoms with Gasteiger partial charge >= 0.3 is 0 Å². The summed E-state index contributed by atoms with van der Waals surface area (Å²) in [7, 11) is -1.60. The molecular weight excluding hydrogens is 330 g/mol. The molecule has 1 heterocycles. The molecule has 0 spiro atoms. The molecule has 2 aromatic rings. The second kappa shape index (κ2) is 6.88. The van der Waals surface area contributed by atoms with Gasteiger partial charge in [-0.15, -0.1) is 10.9 Å². The fourth-order valence-corrected chi connectivity index (χ4v) is 4.07. The Bertz CT molecular complexity index is 834. The Morgan fingerprint density at radius 3 is 2.54 bits per heavy atom. The number of carbonyl (C=O) groups is 1. The van der Waals surface area contributed by atoms with E-state index in [1.807, 2.05) is 30.3 Å². The van der Waals surface area contributed by atoms with Gasteiger partial charge in [-0.05, 0) is 29.2 Å². The molecule has 124 valence electrons. The van der Waals surface area contributed by atoms with E-state index >= 15 is 0 Å². The monoisotopic (exact) mass is 346 g/mol. The standard InChI is InChI=1S/C18H16F2N2OS/c19-14-9-17(20)24(11-14)16-8-13(6-7-15(16)21)18(23)22-10-12-4-2-1-3-5-12/h1-9,11,24H,10,21H2,(H,22,23). The lowest BCUT2D eigenvalue weighted by atomic mass is 10.2. The first-order chi connectivity index (χ1) is 11.5. The van der Waals surface area contributed by atoms with Crippen LogP contribution in [-0.4, -0.2) is 5.91 Å². The van der Waals surface area contributed by atoms with E-state index < -0.39 is 21.9 Å². The summed E-state index contributed by atoms with van der Waals surface area (Å²) < 4.78 is 27.1. The molecule has 0 saturated heterocycles. The summed E-state index contributed by atoms with van der Waals surface area (Å²) in [6.07, 6.45) is 0.854. The number of nitrogens with one attached hydrogen (secondary N) is 1. The summed E-state index contributed by atoms with van der Waals surface area (Å²) >= 11 is 0. The van der Waals surface area contributed by atoms with Crippen LogP contribution in [0.1, 0.15) is 15.9 Å². The zero-order valence-corrected chi connectivity index (χ0v) is 13.6. The van der Waals surface area contributed by atoms with Crippen LogP contribution < -0.4 is 11.1 Å². The first-order valence-electron chi connectivity index (χ1n) is 7.30. The third-order valence-electron chi connectivity index (χ3n) is 3.59. The Morgan fingerprint density at radius 1 is 1.12 bits per heavy atom. The first-order valence-corrected chi connectivity index (χ1v) is 8.71. The number of hydrogen-bond donors (Lipinski definition) is 3. The predicted octanol–water partition coefficient (Wildman–Crippen LogP) is 4.19. The van der Waals surface area contributed by atoms with Gasteiger partial charge in [0.25, 0.3) is 5.91 Å². The Morgan fingerprint density at radius 2 is 1.88 bits per heavy atom. The predicted molar refractivity (Wildman–Crippen MR) is 94.1 cm³/mol. The fourth-order valence-electron chi connectivity index (χ4n) is 2.36. The maximum absolute atomic E-state index is 13.8. The van der Waals surface area contributed by atoms with Crippen molar-refractivity contribution in [2.24, 2.45) is 0 Å². The van der Waals surface area contributed by atoms with Gasteiger partial charge in [0.2, 0.25) is 0 Å². The van der Waals surface area contributed by atoms with Crippen molar-refractivity contribution < 1.29 is 13.6 Å². The Hall–Kier alpha value is -2.60. The van der Waals surface area contributed by atoms with Crippen molar-refractivity contribution >= 4 is 22.5 Å². The zero-order chi connectivity index (χ0) is 17.1. The highest BCUT2D eigenvalue weighted by Crippen LogP contribution is 2.53. The van der Waals surface area contributed by atoms with Crippen molar-refractivity contribution in [1.82, 2.24) is 5.32 Å². The van der Waals surface area contributed by atoms with Gasteiger partial charge in [-0.1, -0.05) is 30.3 Å². The smallest absolute Gasteiger partial charge is 0.251 e. The van der Waals surface area contributed by atoms with Crippen LogP contribution in [0, 0.1) is 0 Å². The van der Waals surface area contributed by atoms with Crippen LogP contribution in [0.4, 0.5) is 14.5 Å². The zero-order valence-electron chi connectivity index (χ0n) is 12.7. The number of hydrogen-bond acceptors (Lipinski definition) is 2. The summed E-state index contributed by atoms with van der Waals surface area (Å²) in [5.74, 6) is -0.903. The molecule has 6 heteroatoms. The molecule has 3 rings (SSSR count). The highest BCUT2D eigenvalue weighted by molar-refractivity contribution is 8.23. The van der Waals surface area contributed by atoms with Crippen LogP contribution in [-0.2, 0) is 6.54 Å². The molecule has 0 aromatic heterocycles. The van der Waals surface area contributed by atoms with E-state index in [9.17, 15) is 13.6 Å². The van der Waals surface area contributed by atoms with E-state index in [1.165, 1.54) is 11.5 Å². The SMILES string of the molecule is Nc1ccc(C(=O)NCc2ccccc2)cc1[SH]1C=C(F)C=C1F. The number of amides is 1. The molecule has 1 aliphatic heterocycles. The molecule has 24 heavy (non-hydrogen) atoms. The number of carbonyl (C=O) groups excluding carboxylic acids is 1. The van der Waals surface area contributed by atoms with Crippen LogP contribution in [0.5, 0.6) is 0 Å². The molecule has 0 fully saturated rings. The largest absolute Gasteiger partial charge is 0.398 e. The van der Waals surface area contributed by atoms with Crippen LogP contribution >= 0.6 is 10.9 Å². The van der Waals surface area contributed by atoms with Gasteiger partial charge in [-0.3, -0.25) is 4.79 Å². The molecule has 2 aromatic carbocycles. The normalized spacial score (nSPS) is 18.0. The van der Waals surface area contributed by atoms with E-state index in [1.54, 1.807) is 12.1 Å². The second-order valence-corrected chi connectivity index (χ2v) is 7.20. The Balaban J connectivity index is 1.78. The summed E-state index contributed by atoms with van der Waals surface area (Å²) in [6.45, 7) is 0.386. The minimum atomic E-state index is -1.60. The third-order valence-corrected chi connectivity index (χ3v) is 5.59. The molecule has 1 atom stereocenters. The number of thiol groups is 1. The van der Waals surface area contributed by atoms with Gasteiger partial charge in [0.05, 0.1) is 0 Å². The van der Waals surface area contributed by atoms with Crippen LogP contribution in [0.25, 0.3) is 0 Å². The van der Waals surface area contributed by atoms with Gasteiger partial charge in [-0.2, -0.15) is 0 Å². The Kier molecular flexibility index (Phi) is 4.66. The molecule has 1 unspecified atom stereocenters. The van der Waals surface area contributed by atoms with Crippen LogP contribution in [0.2, 0.25) is 0 Å². The van der Waals surface area contributed by atoms with E-state index in [2.05, 4.69) is 5.32 Å². The van der Waals surface area contributed by atoms with Gasteiger partial charge in [0.1, 0.15) is 11.0 Å². The van der Waals surface area contributed by atoms with Crippen molar-refractivity contribution in [2.75, 3.05) is 5.73 Å². The van der Waals surface area contributed by atoms with E-state index in [0.29, 0.717) is 22.7 Å². The van der Waals surface area contributed by atoms with E-state index in [4.69, 9.17) is 5.73 Å². The first kappa shape index (κ1) is 16.3. The molecule has 0 aliphatic carbocycles. The number of nitrogen functional groups attached to an aromatic ring is 1. The summed E-state index contributed by atoms with van der Waals surface area (Å²) in [6, 6.07) is 14.1. The lowest BCUT2D eigenvalue weighted by Gasteiger charge is -2.16. The lowest BCUT2D eigenvalue weighted by molar-refractivity contribution is 0.0950. The highest BCUT2D eigenvalue weighted by Gasteiger charge is 2.21.